The third-order valence-corrected chi connectivity index (χ3v) is 4.87. The summed E-state index contributed by atoms with van der Waals surface area (Å²) in [5.74, 6) is 0.266. The SMILES string of the molecule is Cc1ccc(NCc2ccc(OCC(=O)Nc3cc(C)ccc3C)c(Cl)c2)cc1. The number of hydrogen-bond donors (Lipinski definition) is 2. The Labute approximate surface area is 176 Å². The number of nitrogens with one attached hydrogen (secondary N) is 2. The lowest BCUT2D eigenvalue weighted by molar-refractivity contribution is -0.118. The van der Waals surface area contributed by atoms with Crippen LogP contribution in [0.3, 0.4) is 0 Å². The number of anilines is 2. The maximum atomic E-state index is 12.2. The summed E-state index contributed by atoms with van der Waals surface area (Å²) in [6, 6.07) is 19.7. The minimum atomic E-state index is -0.222. The number of rotatable bonds is 7. The molecule has 0 atom stereocenters. The Bertz CT molecular complexity index is 1000. The number of ether oxygens (including phenoxy) is 1. The molecule has 0 bridgehead atoms. The molecule has 3 rings (SSSR count). The van der Waals surface area contributed by atoms with E-state index in [0.29, 0.717) is 17.3 Å². The van der Waals surface area contributed by atoms with Crippen molar-refractivity contribution in [1.82, 2.24) is 0 Å². The average molecular weight is 409 g/mol. The molecule has 1 amide bonds. The molecule has 0 saturated carbocycles. The van der Waals surface area contributed by atoms with Gasteiger partial charge in [0.05, 0.1) is 5.02 Å². The molecule has 3 aromatic rings. The fourth-order valence-electron chi connectivity index (χ4n) is 2.85. The van der Waals surface area contributed by atoms with Crippen molar-refractivity contribution < 1.29 is 9.53 Å². The first kappa shape index (κ1) is 20.7. The van der Waals surface area contributed by atoms with Crippen LogP contribution in [0.1, 0.15) is 22.3 Å². The Balaban J connectivity index is 1.54. The lowest BCUT2D eigenvalue weighted by Gasteiger charge is -2.12. The molecule has 4 nitrogen and oxygen atoms in total. The van der Waals surface area contributed by atoms with E-state index in [-0.39, 0.29) is 12.5 Å². The lowest BCUT2D eigenvalue weighted by Crippen LogP contribution is -2.20. The first-order chi connectivity index (χ1) is 13.9. The van der Waals surface area contributed by atoms with Gasteiger partial charge in [-0.15, -0.1) is 0 Å². The quantitative estimate of drug-likeness (QED) is 0.512. The third-order valence-electron chi connectivity index (χ3n) is 4.57. The normalized spacial score (nSPS) is 10.5. The van der Waals surface area contributed by atoms with Gasteiger partial charge in [-0.2, -0.15) is 0 Å². The number of carbonyl (C=O) groups excluding carboxylic acids is 1. The number of aryl methyl sites for hydroxylation is 3. The summed E-state index contributed by atoms with van der Waals surface area (Å²) < 4.78 is 5.61. The summed E-state index contributed by atoms with van der Waals surface area (Å²) in [6.45, 7) is 6.55. The molecule has 5 heteroatoms. The van der Waals surface area contributed by atoms with Gasteiger partial charge in [0, 0.05) is 17.9 Å². The van der Waals surface area contributed by atoms with Crippen LogP contribution >= 0.6 is 11.6 Å². The zero-order chi connectivity index (χ0) is 20.8. The van der Waals surface area contributed by atoms with E-state index in [0.717, 1.165) is 28.1 Å². The maximum absolute atomic E-state index is 12.2. The first-order valence-corrected chi connectivity index (χ1v) is 9.87. The number of halogens is 1. The van der Waals surface area contributed by atoms with Crippen LogP contribution in [0.15, 0.2) is 60.7 Å². The van der Waals surface area contributed by atoms with Gasteiger partial charge in [0.2, 0.25) is 0 Å². The van der Waals surface area contributed by atoms with E-state index in [9.17, 15) is 4.79 Å². The smallest absolute Gasteiger partial charge is 0.262 e. The van der Waals surface area contributed by atoms with E-state index >= 15 is 0 Å². The van der Waals surface area contributed by atoms with Crippen molar-refractivity contribution in [3.05, 3.63) is 87.9 Å². The van der Waals surface area contributed by atoms with E-state index in [1.807, 2.05) is 56.3 Å². The van der Waals surface area contributed by atoms with E-state index < -0.39 is 0 Å². The van der Waals surface area contributed by atoms with Crippen LogP contribution in [0, 0.1) is 20.8 Å². The Morgan fingerprint density at radius 2 is 1.66 bits per heavy atom. The summed E-state index contributed by atoms with van der Waals surface area (Å²) >= 11 is 6.34. The molecule has 3 aromatic carbocycles. The second kappa shape index (κ2) is 9.48. The molecule has 0 aliphatic heterocycles. The summed E-state index contributed by atoms with van der Waals surface area (Å²) in [6.07, 6.45) is 0. The van der Waals surface area contributed by atoms with Crippen molar-refractivity contribution in [2.75, 3.05) is 17.2 Å². The van der Waals surface area contributed by atoms with Crippen LogP contribution in [0.2, 0.25) is 5.02 Å². The molecule has 2 N–H and O–H groups in total. The van der Waals surface area contributed by atoms with Gasteiger partial charge in [0.15, 0.2) is 6.61 Å². The van der Waals surface area contributed by atoms with Gasteiger partial charge in [-0.25, -0.2) is 0 Å². The van der Waals surface area contributed by atoms with Gasteiger partial charge in [-0.05, 0) is 67.8 Å². The predicted octanol–water partition coefficient (Wildman–Crippen LogP) is 5.89. The fraction of sp³-hybridized carbons (Fsp3) is 0.208. The van der Waals surface area contributed by atoms with Crippen LogP contribution < -0.4 is 15.4 Å². The number of amides is 1. The number of benzene rings is 3. The second-order valence-corrected chi connectivity index (χ2v) is 7.55. The molecule has 29 heavy (non-hydrogen) atoms. The molecular weight excluding hydrogens is 384 g/mol. The molecule has 0 spiro atoms. The molecule has 0 saturated heterocycles. The topological polar surface area (TPSA) is 50.4 Å². The summed E-state index contributed by atoms with van der Waals surface area (Å²) in [5, 5.41) is 6.72. The monoisotopic (exact) mass is 408 g/mol. The molecule has 0 aromatic heterocycles. The number of carbonyl (C=O) groups is 1. The highest BCUT2D eigenvalue weighted by atomic mass is 35.5. The molecule has 0 aliphatic carbocycles. The second-order valence-electron chi connectivity index (χ2n) is 7.14. The van der Waals surface area contributed by atoms with Gasteiger partial charge in [-0.1, -0.05) is 47.5 Å². The molecule has 0 radical (unpaired) electrons. The highest BCUT2D eigenvalue weighted by Gasteiger charge is 2.09. The zero-order valence-corrected chi connectivity index (χ0v) is 17.6. The minimum absolute atomic E-state index is 0.103. The first-order valence-electron chi connectivity index (χ1n) is 9.49. The average Bonchev–Trinajstić information content (AvgIpc) is 2.69. The summed E-state index contributed by atoms with van der Waals surface area (Å²) in [4.78, 5) is 12.2. The van der Waals surface area contributed by atoms with Crippen LogP contribution in [-0.4, -0.2) is 12.5 Å². The molecule has 0 unspecified atom stereocenters. The van der Waals surface area contributed by atoms with Gasteiger partial charge in [-0.3, -0.25) is 4.79 Å². The number of hydrogen-bond acceptors (Lipinski definition) is 3. The molecule has 0 aliphatic rings. The lowest BCUT2D eigenvalue weighted by atomic mass is 10.1. The van der Waals surface area contributed by atoms with E-state index in [1.54, 1.807) is 6.07 Å². The Morgan fingerprint density at radius 1 is 0.931 bits per heavy atom. The van der Waals surface area contributed by atoms with Crippen molar-refractivity contribution in [3.8, 4) is 5.75 Å². The molecule has 150 valence electrons. The molecule has 0 heterocycles. The Hall–Kier alpha value is -2.98. The van der Waals surface area contributed by atoms with Crippen molar-refractivity contribution in [2.45, 2.75) is 27.3 Å². The highest BCUT2D eigenvalue weighted by Crippen LogP contribution is 2.26. The van der Waals surface area contributed by atoms with Crippen molar-refractivity contribution in [3.63, 3.8) is 0 Å². The highest BCUT2D eigenvalue weighted by molar-refractivity contribution is 6.32. The summed E-state index contributed by atoms with van der Waals surface area (Å²) in [7, 11) is 0. The van der Waals surface area contributed by atoms with Crippen LogP contribution in [-0.2, 0) is 11.3 Å². The van der Waals surface area contributed by atoms with Crippen LogP contribution in [0.4, 0.5) is 11.4 Å². The van der Waals surface area contributed by atoms with Crippen LogP contribution in [0.5, 0.6) is 5.75 Å². The standard InChI is InChI=1S/C24H25ClN2O2/c1-16-5-9-20(10-6-16)26-14-19-8-11-23(21(25)13-19)29-15-24(28)27-22-12-17(2)4-7-18(22)3/h4-13,26H,14-15H2,1-3H3,(H,27,28). The van der Waals surface area contributed by atoms with Crippen LogP contribution in [0.25, 0.3) is 0 Å². The van der Waals surface area contributed by atoms with Gasteiger partial charge < -0.3 is 15.4 Å². The van der Waals surface area contributed by atoms with Crippen molar-refractivity contribution >= 4 is 28.9 Å². The largest absolute Gasteiger partial charge is 0.482 e. The summed E-state index contributed by atoms with van der Waals surface area (Å²) in [5.41, 5.74) is 6.19. The van der Waals surface area contributed by atoms with Gasteiger partial charge in [0.25, 0.3) is 5.91 Å². The van der Waals surface area contributed by atoms with E-state index in [1.165, 1.54) is 5.56 Å². The predicted molar refractivity (Wildman–Crippen MR) is 120 cm³/mol. The maximum Gasteiger partial charge on any atom is 0.262 e. The Kier molecular flexibility index (Phi) is 6.78. The van der Waals surface area contributed by atoms with E-state index in [4.69, 9.17) is 16.3 Å². The molecule has 0 fully saturated rings. The Morgan fingerprint density at radius 3 is 2.38 bits per heavy atom. The minimum Gasteiger partial charge on any atom is -0.482 e. The molecular formula is C24H25ClN2O2. The third kappa shape index (κ3) is 6.00. The van der Waals surface area contributed by atoms with Gasteiger partial charge >= 0.3 is 0 Å². The van der Waals surface area contributed by atoms with E-state index in [2.05, 4.69) is 29.7 Å². The fourth-order valence-corrected chi connectivity index (χ4v) is 3.10. The van der Waals surface area contributed by atoms with Gasteiger partial charge in [0.1, 0.15) is 5.75 Å². The van der Waals surface area contributed by atoms with Crippen molar-refractivity contribution in [2.24, 2.45) is 0 Å². The van der Waals surface area contributed by atoms with Crippen molar-refractivity contribution in [1.29, 1.82) is 0 Å². The zero-order valence-electron chi connectivity index (χ0n) is 16.9.